The monoisotopic (exact) mass is 398 g/mol. The van der Waals surface area contributed by atoms with Crippen LogP contribution in [0.4, 0.5) is 0 Å². The fraction of sp³-hybridized carbons (Fsp3) is 0.667. The third kappa shape index (κ3) is 3.62. The topological polar surface area (TPSA) is 27.7 Å². The number of fused-ring (bicyclic) bond motifs is 1. The van der Waals surface area contributed by atoms with E-state index in [1.54, 1.807) is 11.3 Å². The van der Waals surface area contributed by atoms with E-state index in [2.05, 4.69) is 38.8 Å². The summed E-state index contributed by atoms with van der Waals surface area (Å²) in [7, 11) is 0. The van der Waals surface area contributed by atoms with Gasteiger partial charge in [0.15, 0.2) is 18.1 Å². The van der Waals surface area contributed by atoms with Crippen molar-refractivity contribution in [1.82, 2.24) is 0 Å². The van der Waals surface area contributed by atoms with Crippen molar-refractivity contribution < 1.29 is 14.2 Å². The van der Waals surface area contributed by atoms with Gasteiger partial charge in [-0.15, -0.1) is 11.3 Å². The van der Waals surface area contributed by atoms with Crippen molar-refractivity contribution in [3.63, 3.8) is 0 Å². The van der Waals surface area contributed by atoms with Crippen molar-refractivity contribution in [2.75, 3.05) is 13.2 Å². The molecule has 1 aliphatic heterocycles. The van der Waals surface area contributed by atoms with E-state index in [9.17, 15) is 0 Å². The smallest absolute Gasteiger partial charge is 0.234 e. The van der Waals surface area contributed by atoms with Crippen LogP contribution in [0.3, 0.4) is 0 Å². The number of thiophene rings is 1. The highest BCUT2D eigenvalue weighted by atomic mass is 79.9. The van der Waals surface area contributed by atoms with Crippen LogP contribution in [0, 0.1) is 0 Å². The summed E-state index contributed by atoms with van der Waals surface area (Å²) in [5.41, 5.74) is 0. The van der Waals surface area contributed by atoms with Crippen molar-refractivity contribution in [2.45, 2.75) is 38.9 Å². The molecule has 0 aromatic carbocycles. The van der Waals surface area contributed by atoms with Gasteiger partial charge in [0, 0.05) is 0 Å². The molecule has 0 spiro atoms. The maximum atomic E-state index is 5.78. The van der Waals surface area contributed by atoms with Crippen LogP contribution in [0.1, 0.15) is 32.6 Å². The Morgan fingerprint density at radius 3 is 2.78 bits per heavy atom. The third-order valence-corrected chi connectivity index (χ3v) is 5.08. The number of hydrogen-bond acceptors (Lipinski definition) is 4. The SMILES string of the molecule is CCCCCCOC1COc2c(Br)sc(Br)c2O1. The fourth-order valence-corrected chi connectivity index (χ4v) is 4.54. The Bertz CT molecular complexity index is 395. The minimum atomic E-state index is -0.295. The van der Waals surface area contributed by atoms with Crippen molar-refractivity contribution in [3.8, 4) is 11.5 Å². The lowest BCUT2D eigenvalue weighted by atomic mass is 10.2. The van der Waals surface area contributed by atoms with E-state index < -0.39 is 0 Å². The van der Waals surface area contributed by atoms with Gasteiger partial charge in [0.1, 0.15) is 7.57 Å². The number of halogens is 2. The van der Waals surface area contributed by atoms with Crippen LogP contribution in [-0.4, -0.2) is 19.5 Å². The maximum absolute atomic E-state index is 5.78. The zero-order valence-corrected chi connectivity index (χ0v) is 14.2. The summed E-state index contributed by atoms with van der Waals surface area (Å²) in [4.78, 5) is 0. The molecular weight excluding hydrogens is 384 g/mol. The van der Waals surface area contributed by atoms with E-state index in [-0.39, 0.29) is 6.29 Å². The summed E-state index contributed by atoms with van der Waals surface area (Å²) >= 11 is 8.46. The molecule has 2 heterocycles. The van der Waals surface area contributed by atoms with Gasteiger partial charge in [-0.3, -0.25) is 0 Å². The first-order valence-electron chi connectivity index (χ1n) is 6.11. The summed E-state index contributed by atoms with van der Waals surface area (Å²) in [6, 6.07) is 0. The second-order valence-electron chi connectivity index (χ2n) is 4.10. The predicted molar refractivity (Wildman–Crippen MR) is 79.7 cm³/mol. The molecule has 6 heteroatoms. The summed E-state index contributed by atoms with van der Waals surface area (Å²) in [5.74, 6) is 1.52. The molecule has 0 saturated heterocycles. The average molecular weight is 400 g/mol. The summed E-state index contributed by atoms with van der Waals surface area (Å²) in [6.07, 6.45) is 4.50. The molecule has 1 atom stereocenters. The van der Waals surface area contributed by atoms with Gasteiger partial charge < -0.3 is 14.2 Å². The van der Waals surface area contributed by atoms with Crippen molar-refractivity contribution >= 4 is 43.2 Å². The second-order valence-corrected chi connectivity index (χ2v) is 7.75. The molecule has 102 valence electrons. The highest BCUT2D eigenvalue weighted by Gasteiger charge is 2.28. The minimum absolute atomic E-state index is 0.295. The predicted octanol–water partition coefficient (Wildman–Crippen LogP) is 4.97. The molecule has 0 bridgehead atoms. The zero-order chi connectivity index (χ0) is 13.0. The molecule has 0 aliphatic carbocycles. The first-order chi connectivity index (χ1) is 8.72. The largest absolute Gasteiger partial charge is 0.481 e. The highest BCUT2D eigenvalue weighted by molar-refractivity contribution is 9.12. The first-order valence-corrected chi connectivity index (χ1v) is 8.51. The molecule has 0 saturated carbocycles. The normalized spacial score (nSPS) is 18.1. The Morgan fingerprint density at radius 2 is 2.00 bits per heavy atom. The maximum Gasteiger partial charge on any atom is 0.234 e. The van der Waals surface area contributed by atoms with Crippen LogP contribution in [-0.2, 0) is 4.74 Å². The van der Waals surface area contributed by atoms with Crippen LogP contribution in [0.15, 0.2) is 7.57 Å². The summed E-state index contributed by atoms with van der Waals surface area (Å²) in [5, 5.41) is 0. The van der Waals surface area contributed by atoms with E-state index in [0.717, 1.165) is 32.1 Å². The Labute approximate surface area is 128 Å². The number of unbranched alkanes of at least 4 members (excludes halogenated alkanes) is 3. The Hall–Kier alpha value is 0.220. The molecule has 0 fully saturated rings. The van der Waals surface area contributed by atoms with E-state index in [4.69, 9.17) is 14.2 Å². The Balaban J connectivity index is 1.79. The number of rotatable bonds is 6. The van der Waals surface area contributed by atoms with E-state index in [0.29, 0.717) is 6.61 Å². The third-order valence-electron chi connectivity index (χ3n) is 2.66. The Morgan fingerprint density at radius 1 is 1.22 bits per heavy atom. The van der Waals surface area contributed by atoms with Gasteiger partial charge in [0.25, 0.3) is 0 Å². The molecular formula is C12H16Br2O3S. The number of hydrogen-bond donors (Lipinski definition) is 0. The summed E-state index contributed by atoms with van der Waals surface area (Å²) < 4.78 is 19.0. The van der Waals surface area contributed by atoms with E-state index in [1.165, 1.54) is 19.3 Å². The number of ether oxygens (including phenoxy) is 3. The van der Waals surface area contributed by atoms with Crippen molar-refractivity contribution in [2.24, 2.45) is 0 Å². The average Bonchev–Trinajstić information content (AvgIpc) is 2.65. The molecule has 18 heavy (non-hydrogen) atoms. The van der Waals surface area contributed by atoms with Crippen LogP contribution in [0.2, 0.25) is 0 Å². The van der Waals surface area contributed by atoms with Gasteiger partial charge in [0.05, 0.1) is 6.61 Å². The highest BCUT2D eigenvalue weighted by Crippen LogP contribution is 2.50. The molecule has 2 rings (SSSR count). The van der Waals surface area contributed by atoms with Gasteiger partial charge in [-0.1, -0.05) is 26.2 Å². The molecule has 0 radical (unpaired) electrons. The molecule has 0 amide bonds. The standard InChI is InChI=1S/C12H16Br2O3S/c1-2-3-4-5-6-15-8-7-16-9-10(17-8)12(14)18-11(9)13/h8H,2-7H2,1H3. The van der Waals surface area contributed by atoms with Crippen molar-refractivity contribution in [3.05, 3.63) is 7.57 Å². The quantitative estimate of drug-likeness (QED) is 0.632. The molecule has 1 aromatic heterocycles. The van der Waals surface area contributed by atoms with Gasteiger partial charge in [-0.05, 0) is 38.3 Å². The van der Waals surface area contributed by atoms with Crippen LogP contribution in [0.25, 0.3) is 0 Å². The zero-order valence-electron chi connectivity index (χ0n) is 10.2. The molecule has 3 nitrogen and oxygen atoms in total. The first kappa shape index (κ1) is 14.6. The summed E-state index contributed by atoms with van der Waals surface area (Å²) in [6.45, 7) is 3.38. The van der Waals surface area contributed by atoms with Crippen molar-refractivity contribution in [1.29, 1.82) is 0 Å². The second kappa shape index (κ2) is 7.12. The Kier molecular flexibility index (Phi) is 5.79. The lowest BCUT2D eigenvalue weighted by Crippen LogP contribution is -2.31. The van der Waals surface area contributed by atoms with E-state index in [1.807, 2.05) is 0 Å². The minimum Gasteiger partial charge on any atom is -0.481 e. The lowest BCUT2D eigenvalue weighted by Gasteiger charge is -2.25. The molecule has 0 N–H and O–H groups in total. The van der Waals surface area contributed by atoms with Gasteiger partial charge in [-0.2, -0.15) is 0 Å². The van der Waals surface area contributed by atoms with Gasteiger partial charge in [0.2, 0.25) is 6.29 Å². The molecule has 1 unspecified atom stereocenters. The lowest BCUT2D eigenvalue weighted by molar-refractivity contribution is -0.116. The fourth-order valence-electron chi connectivity index (χ4n) is 1.71. The van der Waals surface area contributed by atoms with Gasteiger partial charge >= 0.3 is 0 Å². The molecule has 1 aromatic rings. The van der Waals surface area contributed by atoms with E-state index >= 15 is 0 Å². The van der Waals surface area contributed by atoms with Crippen LogP contribution in [0.5, 0.6) is 11.5 Å². The molecule has 1 aliphatic rings. The van der Waals surface area contributed by atoms with Gasteiger partial charge in [-0.25, -0.2) is 0 Å². The van der Waals surface area contributed by atoms with Crippen LogP contribution < -0.4 is 9.47 Å². The van der Waals surface area contributed by atoms with Crippen LogP contribution >= 0.6 is 43.2 Å².